The Hall–Kier alpha value is -1.39. The predicted octanol–water partition coefficient (Wildman–Crippen LogP) is 1.97. The van der Waals surface area contributed by atoms with Gasteiger partial charge in [-0.05, 0) is 12.1 Å². The monoisotopic (exact) mass is 175 g/mol. The van der Waals surface area contributed by atoms with Crippen molar-refractivity contribution in [2.45, 2.75) is 6.43 Å². The highest BCUT2D eigenvalue weighted by Crippen LogP contribution is 2.19. The summed E-state index contributed by atoms with van der Waals surface area (Å²) in [6.45, 7) is 0. The fraction of sp³-hybridized carbons (Fsp3) is 0.143. The molecule has 5 heteroatoms. The largest absolute Gasteiger partial charge is 0.296 e. The fourth-order valence-corrected chi connectivity index (χ4v) is 0.692. The van der Waals surface area contributed by atoms with Gasteiger partial charge in [-0.1, -0.05) is 0 Å². The minimum atomic E-state index is -3.00. The van der Waals surface area contributed by atoms with Crippen LogP contribution in [0, 0.1) is 5.82 Å². The Kier molecular flexibility index (Phi) is 2.42. The van der Waals surface area contributed by atoms with Gasteiger partial charge in [-0.15, -0.1) is 0 Å². The summed E-state index contributed by atoms with van der Waals surface area (Å²) in [5, 5.41) is 0. The first-order chi connectivity index (χ1) is 5.65. The van der Waals surface area contributed by atoms with E-state index in [-0.39, 0.29) is 12.0 Å². The number of halogens is 3. The zero-order valence-corrected chi connectivity index (χ0v) is 5.80. The second-order valence-electron chi connectivity index (χ2n) is 2.02. The normalized spacial score (nSPS) is 10.3. The van der Waals surface area contributed by atoms with Crippen LogP contribution >= 0.6 is 0 Å². The molecule has 64 valence electrons. The Labute approximate surface area is 66.0 Å². The molecule has 0 saturated heterocycles. The van der Waals surface area contributed by atoms with Crippen LogP contribution in [-0.2, 0) is 0 Å². The average Bonchev–Trinajstić information content (AvgIpc) is 2.05. The molecule has 0 aromatic carbocycles. The molecule has 0 N–H and O–H groups in total. The second-order valence-corrected chi connectivity index (χ2v) is 2.02. The van der Waals surface area contributed by atoms with Gasteiger partial charge in [-0.2, -0.15) is 0 Å². The highest BCUT2D eigenvalue weighted by molar-refractivity contribution is 5.71. The number of hydrogen-bond acceptors (Lipinski definition) is 2. The number of aromatic nitrogens is 1. The van der Waals surface area contributed by atoms with E-state index in [1.165, 1.54) is 0 Å². The summed E-state index contributed by atoms with van der Waals surface area (Å²) in [6, 6.07) is 1.83. The van der Waals surface area contributed by atoms with Crippen LogP contribution in [0.5, 0.6) is 0 Å². The van der Waals surface area contributed by atoms with E-state index < -0.39 is 17.9 Å². The zero-order valence-electron chi connectivity index (χ0n) is 5.80. The van der Waals surface area contributed by atoms with Gasteiger partial charge in [0.05, 0.1) is 0 Å². The Morgan fingerprint density at radius 2 is 2.08 bits per heavy atom. The molecule has 0 aliphatic carbocycles. The fourth-order valence-electron chi connectivity index (χ4n) is 0.692. The topological polar surface area (TPSA) is 30.0 Å². The summed E-state index contributed by atoms with van der Waals surface area (Å²) in [5.74, 6) is -1.10. The number of carbonyl (C=O) groups is 1. The minimum absolute atomic E-state index is 0.202. The molecule has 1 aromatic rings. The molecule has 1 heterocycles. The lowest BCUT2D eigenvalue weighted by Gasteiger charge is -1.99. The molecule has 1 aromatic heterocycles. The Morgan fingerprint density at radius 1 is 1.42 bits per heavy atom. The van der Waals surface area contributed by atoms with Gasteiger partial charge in [0.15, 0.2) is 12.1 Å². The lowest BCUT2D eigenvalue weighted by Crippen LogP contribution is -1.98. The van der Waals surface area contributed by atoms with Crippen LogP contribution in [0.2, 0.25) is 0 Å². The van der Waals surface area contributed by atoms with Gasteiger partial charge < -0.3 is 0 Å². The van der Waals surface area contributed by atoms with E-state index in [1.54, 1.807) is 0 Å². The summed E-state index contributed by atoms with van der Waals surface area (Å²) in [7, 11) is 0. The minimum Gasteiger partial charge on any atom is -0.296 e. The van der Waals surface area contributed by atoms with Crippen LogP contribution in [0.1, 0.15) is 22.6 Å². The van der Waals surface area contributed by atoms with Gasteiger partial charge in [0.25, 0.3) is 6.43 Å². The predicted molar refractivity (Wildman–Crippen MR) is 34.5 cm³/mol. The zero-order chi connectivity index (χ0) is 9.14. The first kappa shape index (κ1) is 8.70. The lowest BCUT2D eigenvalue weighted by atomic mass is 10.3. The Morgan fingerprint density at radius 3 is 2.58 bits per heavy atom. The number of alkyl halides is 2. The first-order valence-electron chi connectivity index (χ1n) is 3.05. The van der Waals surface area contributed by atoms with E-state index in [2.05, 4.69) is 4.98 Å². The molecule has 0 unspecified atom stereocenters. The highest BCUT2D eigenvalue weighted by Gasteiger charge is 2.15. The van der Waals surface area contributed by atoms with Crippen LogP contribution in [0.15, 0.2) is 12.1 Å². The van der Waals surface area contributed by atoms with Crippen LogP contribution in [0.4, 0.5) is 13.2 Å². The molecule has 0 fully saturated rings. The van der Waals surface area contributed by atoms with E-state index in [4.69, 9.17) is 0 Å². The average molecular weight is 175 g/mol. The summed E-state index contributed by atoms with van der Waals surface area (Å²) in [5.41, 5.74) is -1.19. The van der Waals surface area contributed by atoms with Gasteiger partial charge in [0, 0.05) is 0 Å². The smallest absolute Gasteiger partial charge is 0.283 e. The SMILES string of the molecule is O=Cc1ccc(F)c(C(F)F)n1. The van der Waals surface area contributed by atoms with E-state index in [1.807, 2.05) is 0 Å². The number of nitrogens with zero attached hydrogens (tertiary/aromatic N) is 1. The maximum atomic E-state index is 12.5. The van der Waals surface area contributed by atoms with Crippen molar-refractivity contribution in [3.63, 3.8) is 0 Å². The van der Waals surface area contributed by atoms with Crippen molar-refractivity contribution in [2.75, 3.05) is 0 Å². The van der Waals surface area contributed by atoms with E-state index >= 15 is 0 Å². The van der Waals surface area contributed by atoms with E-state index in [0.29, 0.717) is 0 Å². The van der Waals surface area contributed by atoms with Gasteiger partial charge in [0.2, 0.25) is 0 Å². The third-order valence-electron chi connectivity index (χ3n) is 1.22. The van der Waals surface area contributed by atoms with Crippen molar-refractivity contribution in [3.8, 4) is 0 Å². The standard InChI is InChI=1S/C7H4F3NO/c8-5-2-1-4(3-12)11-6(5)7(9)10/h1-3,7H. The van der Waals surface area contributed by atoms with Crippen LogP contribution in [-0.4, -0.2) is 11.3 Å². The third kappa shape index (κ3) is 1.61. The van der Waals surface area contributed by atoms with Crippen LogP contribution < -0.4 is 0 Å². The van der Waals surface area contributed by atoms with Crippen LogP contribution in [0.25, 0.3) is 0 Å². The number of rotatable bonds is 2. The maximum absolute atomic E-state index is 12.5. The van der Waals surface area contributed by atoms with Crippen molar-refractivity contribution >= 4 is 6.29 Å². The van der Waals surface area contributed by atoms with Crippen molar-refractivity contribution < 1.29 is 18.0 Å². The van der Waals surface area contributed by atoms with E-state index in [9.17, 15) is 18.0 Å². The number of pyridine rings is 1. The molecule has 0 bridgehead atoms. The molecule has 2 nitrogen and oxygen atoms in total. The lowest BCUT2D eigenvalue weighted by molar-refractivity contribution is 0.111. The molecule has 0 aliphatic heterocycles. The van der Waals surface area contributed by atoms with Crippen molar-refractivity contribution in [1.82, 2.24) is 4.98 Å². The highest BCUT2D eigenvalue weighted by atomic mass is 19.3. The maximum Gasteiger partial charge on any atom is 0.283 e. The number of hydrogen-bond donors (Lipinski definition) is 0. The summed E-state index contributed by atoms with van der Waals surface area (Å²) < 4.78 is 36.3. The van der Waals surface area contributed by atoms with Gasteiger partial charge in [-0.25, -0.2) is 18.2 Å². The molecular weight excluding hydrogens is 171 g/mol. The molecule has 12 heavy (non-hydrogen) atoms. The quantitative estimate of drug-likeness (QED) is 0.643. The van der Waals surface area contributed by atoms with Gasteiger partial charge >= 0.3 is 0 Å². The Balaban J connectivity index is 3.16. The van der Waals surface area contributed by atoms with Gasteiger partial charge in [-0.3, -0.25) is 4.79 Å². The molecule has 1 rings (SSSR count). The number of aldehydes is 1. The molecule has 0 spiro atoms. The van der Waals surface area contributed by atoms with Crippen molar-refractivity contribution in [2.24, 2.45) is 0 Å². The summed E-state index contributed by atoms with van der Waals surface area (Å²) in [4.78, 5) is 13.2. The third-order valence-corrected chi connectivity index (χ3v) is 1.22. The molecule has 0 atom stereocenters. The number of carbonyl (C=O) groups excluding carboxylic acids is 1. The molecule has 0 amide bonds. The second kappa shape index (κ2) is 3.34. The van der Waals surface area contributed by atoms with Crippen molar-refractivity contribution in [3.05, 3.63) is 29.3 Å². The molecule has 0 aliphatic rings. The summed E-state index contributed by atoms with van der Waals surface area (Å²) in [6.07, 6.45) is -2.71. The van der Waals surface area contributed by atoms with Crippen molar-refractivity contribution in [1.29, 1.82) is 0 Å². The summed E-state index contributed by atoms with van der Waals surface area (Å²) >= 11 is 0. The Bertz CT molecular complexity index is 301. The van der Waals surface area contributed by atoms with Crippen LogP contribution in [0.3, 0.4) is 0 Å². The molecular formula is C7H4F3NO. The molecule has 0 saturated carbocycles. The first-order valence-corrected chi connectivity index (χ1v) is 3.05. The van der Waals surface area contributed by atoms with E-state index in [0.717, 1.165) is 12.1 Å². The molecule has 0 radical (unpaired) electrons. The van der Waals surface area contributed by atoms with Gasteiger partial charge in [0.1, 0.15) is 11.4 Å².